The van der Waals surface area contributed by atoms with Crippen molar-refractivity contribution < 1.29 is 23.9 Å². The van der Waals surface area contributed by atoms with Crippen molar-refractivity contribution in [2.75, 3.05) is 26.2 Å². The predicted octanol–water partition coefficient (Wildman–Crippen LogP) is 5.00. The van der Waals surface area contributed by atoms with E-state index >= 15 is 0 Å². The molecule has 11 nitrogen and oxygen atoms in total. The number of hydrogen-bond acceptors (Lipinski definition) is 7. The molecule has 2 aromatic rings. The maximum absolute atomic E-state index is 13.1. The Morgan fingerprint density at radius 3 is 2.33 bits per heavy atom. The number of amides is 3. The standard InChI is InChI=1S/C35H50N6O5/c1-2-46-35(45)27-24-38-40(25-27)28-16-20-39(21-17-28)31(42)13-9-7-5-3-4-6-8-10-19-37-34(44)30-22-32(43)41(29-14-15-29)33(30)26-12-11-18-36-23-26/h11-12,18,23-25,28-30,33H,2-10,13-17,19-22H2,1H3,(H,37,44)/t30-,33?/m0/s1. The topological polar surface area (TPSA) is 127 Å². The lowest BCUT2D eigenvalue weighted by Crippen LogP contribution is -2.39. The largest absolute Gasteiger partial charge is 0.462 e. The van der Waals surface area contributed by atoms with Crippen LogP contribution in [0.2, 0.25) is 0 Å². The molecular formula is C35H50N6O5. The van der Waals surface area contributed by atoms with Crippen LogP contribution in [-0.4, -0.2) is 80.5 Å². The second-order valence-electron chi connectivity index (χ2n) is 13.0. The second kappa shape index (κ2) is 16.7. The minimum Gasteiger partial charge on any atom is -0.462 e. The first-order valence-corrected chi connectivity index (χ1v) is 17.4. The number of carbonyl (C=O) groups is 4. The zero-order valence-corrected chi connectivity index (χ0v) is 27.3. The monoisotopic (exact) mass is 634 g/mol. The van der Waals surface area contributed by atoms with E-state index in [0.29, 0.717) is 25.1 Å². The molecule has 1 saturated carbocycles. The number of piperidine rings is 1. The first-order valence-electron chi connectivity index (χ1n) is 17.4. The van der Waals surface area contributed by atoms with Crippen LogP contribution >= 0.6 is 0 Å². The van der Waals surface area contributed by atoms with Gasteiger partial charge in [-0.05, 0) is 57.1 Å². The van der Waals surface area contributed by atoms with Crippen LogP contribution in [0.3, 0.4) is 0 Å². The van der Waals surface area contributed by atoms with Gasteiger partial charge in [0.25, 0.3) is 0 Å². The van der Waals surface area contributed by atoms with E-state index < -0.39 is 0 Å². The number of hydrogen-bond donors (Lipinski definition) is 1. The molecule has 0 radical (unpaired) electrons. The number of esters is 1. The highest BCUT2D eigenvalue weighted by atomic mass is 16.5. The highest BCUT2D eigenvalue weighted by molar-refractivity contribution is 5.91. The Kier molecular flexibility index (Phi) is 12.2. The van der Waals surface area contributed by atoms with Crippen molar-refractivity contribution in [2.24, 2.45) is 5.92 Å². The van der Waals surface area contributed by atoms with Crippen molar-refractivity contribution in [3.63, 3.8) is 0 Å². The van der Waals surface area contributed by atoms with Crippen molar-refractivity contribution in [3.8, 4) is 0 Å². The van der Waals surface area contributed by atoms with Crippen molar-refractivity contribution in [1.82, 2.24) is 29.9 Å². The Morgan fingerprint density at radius 2 is 1.65 bits per heavy atom. The van der Waals surface area contributed by atoms with Crippen molar-refractivity contribution in [2.45, 2.75) is 115 Å². The predicted molar refractivity (Wildman–Crippen MR) is 173 cm³/mol. The van der Waals surface area contributed by atoms with E-state index in [1.165, 1.54) is 0 Å². The number of ether oxygens (including phenoxy) is 1. The molecule has 3 aliphatic rings. The van der Waals surface area contributed by atoms with Gasteiger partial charge in [-0.1, -0.05) is 44.6 Å². The number of unbranched alkanes of at least 4 members (excludes halogenated alkanes) is 7. The van der Waals surface area contributed by atoms with Crippen molar-refractivity contribution in [3.05, 3.63) is 48.0 Å². The summed E-state index contributed by atoms with van der Waals surface area (Å²) in [6.07, 6.45) is 20.0. The minimum atomic E-state index is -0.356. The van der Waals surface area contributed by atoms with Crippen LogP contribution in [-0.2, 0) is 19.1 Å². The maximum Gasteiger partial charge on any atom is 0.341 e. The summed E-state index contributed by atoms with van der Waals surface area (Å²) in [6, 6.07) is 4.10. The Hall–Kier alpha value is -3.76. The Morgan fingerprint density at radius 1 is 0.935 bits per heavy atom. The molecule has 4 heterocycles. The number of likely N-dealkylation sites (tertiary alicyclic amines) is 2. The maximum atomic E-state index is 13.1. The first-order chi connectivity index (χ1) is 22.5. The fourth-order valence-electron chi connectivity index (χ4n) is 6.92. The van der Waals surface area contributed by atoms with Crippen LogP contribution in [0.1, 0.15) is 125 Å². The third-order valence-corrected chi connectivity index (χ3v) is 9.59. The fraction of sp³-hybridized carbons (Fsp3) is 0.657. The second-order valence-corrected chi connectivity index (χ2v) is 13.0. The number of nitrogens with one attached hydrogen (secondary N) is 1. The highest BCUT2D eigenvalue weighted by Gasteiger charge is 2.49. The summed E-state index contributed by atoms with van der Waals surface area (Å²) in [5.41, 5.74) is 1.42. The van der Waals surface area contributed by atoms with E-state index in [0.717, 1.165) is 95.7 Å². The molecule has 2 saturated heterocycles. The average molecular weight is 635 g/mol. The average Bonchev–Trinajstić information content (AvgIpc) is 3.67. The van der Waals surface area contributed by atoms with Gasteiger partial charge < -0.3 is 19.9 Å². The van der Waals surface area contributed by atoms with E-state index in [1.54, 1.807) is 31.7 Å². The summed E-state index contributed by atoms with van der Waals surface area (Å²) in [7, 11) is 0. The van der Waals surface area contributed by atoms with E-state index in [9.17, 15) is 19.2 Å². The Labute approximate surface area is 272 Å². The molecular weight excluding hydrogens is 584 g/mol. The van der Waals surface area contributed by atoms with Gasteiger partial charge >= 0.3 is 5.97 Å². The van der Waals surface area contributed by atoms with E-state index in [-0.39, 0.29) is 54.2 Å². The van der Waals surface area contributed by atoms with Crippen LogP contribution in [0.4, 0.5) is 0 Å². The van der Waals surface area contributed by atoms with Crippen molar-refractivity contribution >= 4 is 23.7 Å². The lowest BCUT2D eigenvalue weighted by atomic mass is 9.93. The van der Waals surface area contributed by atoms with Crippen molar-refractivity contribution in [1.29, 1.82) is 0 Å². The molecule has 1 unspecified atom stereocenters. The van der Waals surface area contributed by atoms with Crippen LogP contribution < -0.4 is 5.32 Å². The minimum absolute atomic E-state index is 0.0215. The molecule has 2 aliphatic heterocycles. The highest BCUT2D eigenvalue weighted by Crippen LogP contribution is 2.44. The van der Waals surface area contributed by atoms with Gasteiger partial charge in [0.15, 0.2) is 0 Å². The van der Waals surface area contributed by atoms with Crippen LogP contribution in [0.5, 0.6) is 0 Å². The summed E-state index contributed by atoms with van der Waals surface area (Å²) in [4.78, 5) is 58.7. The van der Waals surface area contributed by atoms with Gasteiger partial charge in [0.2, 0.25) is 17.7 Å². The Balaban J connectivity index is 0.881. The third-order valence-electron chi connectivity index (χ3n) is 9.59. The third kappa shape index (κ3) is 8.94. The summed E-state index contributed by atoms with van der Waals surface area (Å²) in [5.74, 6) is -0.405. The van der Waals surface area contributed by atoms with E-state index in [4.69, 9.17) is 4.74 Å². The molecule has 1 N–H and O–H groups in total. The lowest BCUT2D eigenvalue weighted by Gasteiger charge is -2.32. The molecule has 3 amide bonds. The molecule has 11 heteroatoms. The van der Waals surface area contributed by atoms with Gasteiger partial charge in [0, 0.05) is 57.1 Å². The van der Waals surface area contributed by atoms with Crippen LogP contribution in [0.15, 0.2) is 36.9 Å². The molecule has 46 heavy (non-hydrogen) atoms. The zero-order chi connectivity index (χ0) is 32.3. The van der Waals surface area contributed by atoms with Gasteiger partial charge in [0.1, 0.15) is 0 Å². The number of aromatic nitrogens is 3. The number of rotatable bonds is 17. The van der Waals surface area contributed by atoms with Crippen LogP contribution in [0.25, 0.3) is 0 Å². The molecule has 5 rings (SSSR count). The number of carbonyl (C=O) groups excluding carboxylic acids is 4. The normalized spacial score (nSPS) is 20.2. The molecule has 2 aromatic heterocycles. The molecule has 250 valence electrons. The van der Waals surface area contributed by atoms with E-state index in [1.807, 2.05) is 26.6 Å². The van der Waals surface area contributed by atoms with Gasteiger partial charge in [0.05, 0.1) is 36.4 Å². The van der Waals surface area contributed by atoms with E-state index in [2.05, 4.69) is 15.4 Å². The van der Waals surface area contributed by atoms with Gasteiger partial charge in [-0.3, -0.25) is 24.0 Å². The quantitative estimate of drug-likeness (QED) is 0.192. The Bertz CT molecular complexity index is 1300. The smallest absolute Gasteiger partial charge is 0.341 e. The van der Waals surface area contributed by atoms with Gasteiger partial charge in [-0.2, -0.15) is 5.10 Å². The fourth-order valence-corrected chi connectivity index (χ4v) is 6.92. The number of nitrogens with zero attached hydrogens (tertiary/aromatic N) is 5. The molecule has 3 fully saturated rings. The first kappa shape index (κ1) is 33.6. The van der Waals surface area contributed by atoms with Gasteiger partial charge in [-0.25, -0.2) is 4.79 Å². The molecule has 0 spiro atoms. The lowest BCUT2D eigenvalue weighted by molar-refractivity contribution is -0.132. The molecule has 2 atom stereocenters. The molecule has 1 aliphatic carbocycles. The van der Waals surface area contributed by atoms with Gasteiger partial charge in [-0.15, -0.1) is 0 Å². The summed E-state index contributed by atoms with van der Waals surface area (Å²) in [6.45, 7) is 4.21. The summed E-state index contributed by atoms with van der Waals surface area (Å²) >= 11 is 0. The SMILES string of the molecule is CCOC(=O)c1cnn(C2CCN(C(=O)CCCCCCCCCCNC(=O)[C@H]3CC(=O)N(C4CC4)C3c3cccnc3)CC2)c1. The van der Waals surface area contributed by atoms with Crippen LogP contribution in [0, 0.1) is 5.92 Å². The summed E-state index contributed by atoms with van der Waals surface area (Å²) < 4.78 is 6.88. The number of pyridine rings is 1. The summed E-state index contributed by atoms with van der Waals surface area (Å²) in [5, 5.41) is 7.45. The molecule has 0 aromatic carbocycles. The zero-order valence-electron chi connectivity index (χ0n) is 27.3. The molecule has 0 bridgehead atoms.